The third-order valence-electron chi connectivity index (χ3n) is 3.58. The van der Waals surface area contributed by atoms with Gasteiger partial charge in [-0.25, -0.2) is 4.68 Å². The minimum absolute atomic E-state index is 0.469. The van der Waals surface area contributed by atoms with Gasteiger partial charge in [0, 0.05) is 24.3 Å². The smallest absolute Gasteiger partial charge is 0.324 e. The Kier molecular flexibility index (Phi) is 4.30. The molecule has 0 aliphatic carbocycles. The molecule has 0 bridgehead atoms. The van der Waals surface area contributed by atoms with Crippen molar-refractivity contribution in [3.8, 4) is 5.69 Å². The second-order valence-corrected chi connectivity index (χ2v) is 5.34. The second-order valence-electron chi connectivity index (χ2n) is 5.34. The van der Waals surface area contributed by atoms with Gasteiger partial charge in [0.1, 0.15) is 6.04 Å². The Labute approximate surface area is 140 Å². The van der Waals surface area contributed by atoms with Crippen molar-refractivity contribution >= 4 is 11.6 Å². The lowest BCUT2D eigenvalue weighted by atomic mass is 10.2. The molecule has 2 heterocycles. The topological polar surface area (TPSA) is 64.7 Å². The summed E-state index contributed by atoms with van der Waals surface area (Å²) in [5.41, 5.74) is 0.310. The third-order valence-corrected chi connectivity index (χ3v) is 3.58. The van der Waals surface area contributed by atoms with E-state index in [9.17, 15) is 18.0 Å². The van der Waals surface area contributed by atoms with Gasteiger partial charge < -0.3 is 5.32 Å². The number of rotatable bonds is 4. The van der Waals surface area contributed by atoms with Crippen LogP contribution in [0.4, 0.5) is 18.9 Å². The molecule has 25 heavy (non-hydrogen) atoms. The number of anilines is 1. The summed E-state index contributed by atoms with van der Waals surface area (Å²) in [4.78, 5) is 12.2. The van der Waals surface area contributed by atoms with Crippen molar-refractivity contribution in [2.75, 3.05) is 5.32 Å². The molecule has 0 saturated carbocycles. The number of nitrogens with one attached hydrogen (secondary N) is 1. The van der Waals surface area contributed by atoms with Gasteiger partial charge in [-0.1, -0.05) is 0 Å². The molecule has 1 N–H and O–H groups in total. The van der Waals surface area contributed by atoms with E-state index in [1.165, 1.54) is 6.92 Å². The van der Waals surface area contributed by atoms with E-state index in [4.69, 9.17) is 0 Å². The first-order valence-electron chi connectivity index (χ1n) is 7.38. The lowest BCUT2D eigenvalue weighted by molar-refractivity contribution is -0.141. The number of halogens is 3. The van der Waals surface area contributed by atoms with Gasteiger partial charge in [-0.15, -0.1) is 0 Å². The average molecular weight is 349 g/mol. The van der Waals surface area contributed by atoms with E-state index >= 15 is 0 Å². The summed E-state index contributed by atoms with van der Waals surface area (Å²) in [5, 5.41) is 10.2. The minimum Gasteiger partial charge on any atom is -0.324 e. The Balaban J connectivity index is 1.68. The highest BCUT2D eigenvalue weighted by atomic mass is 19.4. The number of carbonyl (C=O) groups is 1. The maximum atomic E-state index is 12.6. The van der Waals surface area contributed by atoms with Crippen LogP contribution in [0.25, 0.3) is 5.69 Å². The lowest BCUT2D eigenvalue weighted by Crippen LogP contribution is -2.24. The standard InChI is InChI=1S/C16H14F3N5O/c1-11(23-10-7-14(22-23)16(17,18)19)15(25)21-12-3-5-13(6-4-12)24-9-2-8-20-24/h2-11H,1H3,(H,21,25)/t11-/m0/s1. The molecule has 0 fully saturated rings. The highest BCUT2D eigenvalue weighted by Gasteiger charge is 2.34. The molecule has 0 aliphatic heterocycles. The lowest BCUT2D eigenvalue weighted by Gasteiger charge is -2.13. The van der Waals surface area contributed by atoms with Crippen LogP contribution in [-0.4, -0.2) is 25.5 Å². The highest BCUT2D eigenvalue weighted by Crippen LogP contribution is 2.28. The first kappa shape index (κ1) is 16.7. The van der Waals surface area contributed by atoms with E-state index in [1.807, 2.05) is 0 Å². The third kappa shape index (κ3) is 3.70. The molecular formula is C16H14F3N5O. The van der Waals surface area contributed by atoms with E-state index in [-0.39, 0.29) is 0 Å². The number of hydrogen-bond donors (Lipinski definition) is 1. The van der Waals surface area contributed by atoms with Gasteiger partial charge in [-0.2, -0.15) is 23.4 Å². The Morgan fingerprint density at radius 1 is 1.16 bits per heavy atom. The van der Waals surface area contributed by atoms with Crippen LogP contribution in [0.15, 0.2) is 55.0 Å². The molecule has 2 aromatic heterocycles. The van der Waals surface area contributed by atoms with Crippen molar-refractivity contribution in [3.05, 3.63) is 60.7 Å². The molecule has 0 radical (unpaired) electrons. The normalized spacial score (nSPS) is 12.8. The fourth-order valence-corrected chi connectivity index (χ4v) is 2.19. The van der Waals surface area contributed by atoms with Crippen LogP contribution in [0.1, 0.15) is 18.7 Å². The fraction of sp³-hybridized carbons (Fsp3) is 0.188. The second kappa shape index (κ2) is 6.42. The van der Waals surface area contributed by atoms with Crippen molar-refractivity contribution in [2.24, 2.45) is 0 Å². The van der Waals surface area contributed by atoms with Crippen LogP contribution in [0.3, 0.4) is 0 Å². The van der Waals surface area contributed by atoms with E-state index < -0.39 is 23.8 Å². The van der Waals surface area contributed by atoms with Crippen molar-refractivity contribution in [2.45, 2.75) is 19.1 Å². The predicted molar refractivity (Wildman–Crippen MR) is 84.1 cm³/mol. The van der Waals surface area contributed by atoms with Crippen LogP contribution >= 0.6 is 0 Å². The summed E-state index contributed by atoms with van der Waals surface area (Å²) in [6.45, 7) is 1.47. The molecule has 0 saturated heterocycles. The number of nitrogens with zero attached hydrogens (tertiary/aromatic N) is 4. The van der Waals surface area contributed by atoms with E-state index in [0.717, 1.165) is 22.6 Å². The molecule has 1 atom stereocenters. The summed E-state index contributed by atoms with van der Waals surface area (Å²) in [5.74, 6) is -0.469. The molecule has 0 spiro atoms. The van der Waals surface area contributed by atoms with Gasteiger partial charge in [-0.3, -0.25) is 9.48 Å². The molecule has 1 amide bonds. The zero-order chi connectivity index (χ0) is 18.0. The SMILES string of the molecule is C[C@@H](C(=O)Nc1ccc(-n2cccn2)cc1)n1ccc(C(F)(F)F)n1. The van der Waals surface area contributed by atoms with E-state index in [1.54, 1.807) is 47.4 Å². The quantitative estimate of drug-likeness (QED) is 0.786. The number of amides is 1. The van der Waals surface area contributed by atoms with Crippen molar-refractivity contribution in [1.82, 2.24) is 19.6 Å². The zero-order valence-electron chi connectivity index (χ0n) is 13.1. The molecular weight excluding hydrogens is 335 g/mol. The maximum Gasteiger partial charge on any atom is 0.435 e. The molecule has 0 unspecified atom stereocenters. The number of hydrogen-bond acceptors (Lipinski definition) is 3. The number of benzene rings is 1. The summed E-state index contributed by atoms with van der Waals surface area (Å²) < 4.78 is 40.4. The van der Waals surface area contributed by atoms with Gasteiger partial charge in [0.15, 0.2) is 5.69 Å². The maximum absolute atomic E-state index is 12.6. The van der Waals surface area contributed by atoms with Gasteiger partial charge in [0.25, 0.3) is 0 Å². The van der Waals surface area contributed by atoms with Gasteiger partial charge in [-0.05, 0) is 43.3 Å². The molecule has 130 valence electrons. The summed E-state index contributed by atoms with van der Waals surface area (Å²) in [6, 6.07) is 8.64. The van der Waals surface area contributed by atoms with Crippen molar-refractivity contribution in [3.63, 3.8) is 0 Å². The van der Waals surface area contributed by atoms with Gasteiger partial charge >= 0.3 is 6.18 Å². The van der Waals surface area contributed by atoms with Crippen LogP contribution in [0.2, 0.25) is 0 Å². The zero-order valence-corrected chi connectivity index (χ0v) is 13.1. The van der Waals surface area contributed by atoms with E-state index in [2.05, 4.69) is 15.5 Å². The summed E-state index contributed by atoms with van der Waals surface area (Å²) in [6.07, 6.45) is 0.0277. The molecule has 3 rings (SSSR count). The number of aromatic nitrogens is 4. The summed E-state index contributed by atoms with van der Waals surface area (Å²) >= 11 is 0. The first-order chi connectivity index (χ1) is 11.8. The fourth-order valence-electron chi connectivity index (χ4n) is 2.19. The largest absolute Gasteiger partial charge is 0.435 e. The monoisotopic (exact) mass is 349 g/mol. The number of alkyl halides is 3. The Hall–Kier alpha value is -3.10. The van der Waals surface area contributed by atoms with Gasteiger partial charge in [0.05, 0.1) is 5.69 Å². The van der Waals surface area contributed by atoms with E-state index in [0.29, 0.717) is 5.69 Å². The van der Waals surface area contributed by atoms with Crippen LogP contribution in [-0.2, 0) is 11.0 Å². The highest BCUT2D eigenvalue weighted by molar-refractivity contribution is 5.93. The van der Waals surface area contributed by atoms with Crippen LogP contribution in [0.5, 0.6) is 0 Å². The molecule has 1 aromatic carbocycles. The van der Waals surface area contributed by atoms with Crippen LogP contribution < -0.4 is 5.32 Å². The number of carbonyl (C=O) groups excluding carboxylic acids is 1. The Morgan fingerprint density at radius 3 is 2.44 bits per heavy atom. The minimum atomic E-state index is -4.54. The summed E-state index contributed by atoms with van der Waals surface area (Å²) in [7, 11) is 0. The van der Waals surface area contributed by atoms with Crippen molar-refractivity contribution < 1.29 is 18.0 Å². The van der Waals surface area contributed by atoms with Gasteiger partial charge in [0.2, 0.25) is 5.91 Å². The molecule has 0 aliphatic rings. The molecule has 6 nitrogen and oxygen atoms in total. The Morgan fingerprint density at radius 2 is 1.88 bits per heavy atom. The molecule has 9 heteroatoms. The van der Waals surface area contributed by atoms with Crippen molar-refractivity contribution in [1.29, 1.82) is 0 Å². The predicted octanol–water partition coefficient (Wildman–Crippen LogP) is 3.29. The first-order valence-corrected chi connectivity index (χ1v) is 7.38. The average Bonchev–Trinajstić information content (AvgIpc) is 3.26. The molecule has 3 aromatic rings. The van der Waals surface area contributed by atoms with Crippen LogP contribution in [0, 0.1) is 0 Å². The Bertz CT molecular complexity index is 853.